The third kappa shape index (κ3) is 4.03. The summed E-state index contributed by atoms with van der Waals surface area (Å²) in [6, 6.07) is 5.87. The van der Waals surface area contributed by atoms with Crippen LogP contribution in [-0.2, 0) is 21.1 Å². The van der Waals surface area contributed by atoms with Crippen LogP contribution >= 0.6 is 0 Å². The second kappa shape index (κ2) is 6.56. The van der Waals surface area contributed by atoms with Crippen LogP contribution in [0.1, 0.15) is 25.3 Å². The van der Waals surface area contributed by atoms with Crippen molar-refractivity contribution < 1.29 is 17.6 Å². The van der Waals surface area contributed by atoms with Crippen LogP contribution in [0.25, 0.3) is 0 Å². The highest BCUT2D eigenvalue weighted by molar-refractivity contribution is 7.92. The molecule has 1 aliphatic heterocycles. The second-order valence-electron chi connectivity index (χ2n) is 5.33. The minimum Gasteiger partial charge on any atom is -0.342 e. The summed E-state index contributed by atoms with van der Waals surface area (Å²) in [7, 11) is -3.01. The summed E-state index contributed by atoms with van der Waals surface area (Å²) >= 11 is 0. The summed E-state index contributed by atoms with van der Waals surface area (Å²) < 4.78 is 36.4. The SMILES string of the molecule is CCS(=O)(=O)C1CCN(C(=O)Cc2ccc(F)cc2)CC1. The van der Waals surface area contributed by atoms with E-state index in [-0.39, 0.29) is 29.1 Å². The van der Waals surface area contributed by atoms with Gasteiger partial charge in [0, 0.05) is 18.8 Å². The smallest absolute Gasteiger partial charge is 0.226 e. The summed E-state index contributed by atoms with van der Waals surface area (Å²) in [5.74, 6) is -0.202. The van der Waals surface area contributed by atoms with Crippen LogP contribution in [0.15, 0.2) is 24.3 Å². The van der Waals surface area contributed by atoms with E-state index in [1.54, 1.807) is 24.0 Å². The molecule has 2 rings (SSSR count). The predicted octanol–water partition coefficient (Wildman–Crippen LogP) is 1.79. The molecule has 21 heavy (non-hydrogen) atoms. The van der Waals surface area contributed by atoms with Crippen molar-refractivity contribution in [3.63, 3.8) is 0 Å². The van der Waals surface area contributed by atoms with Gasteiger partial charge in [0.2, 0.25) is 5.91 Å². The lowest BCUT2D eigenvalue weighted by Gasteiger charge is -2.31. The number of nitrogens with zero attached hydrogens (tertiary/aromatic N) is 1. The minimum atomic E-state index is -3.01. The van der Waals surface area contributed by atoms with E-state index in [1.165, 1.54) is 12.1 Å². The Kier molecular flexibility index (Phi) is 4.98. The molecule has 116 valence electrons. The van der Waals surface area contributed by atoms with E-state index >= 15 is 0 Å². The van der Waals surface area contributed by atoms with Crippen LogP contribution in [-0.4, -0.2) is 43.3 Å². The van der Waals surface area contributed by atoms with Crippen LogP contribution in [0, 0.1) is 5.82 Å². The van der Waals surface area contributed by atoms with Crippen molar-refractivity contribution >= 4 is 15.7 Å². The van der Waals surface area contributed by atoms with Crippen LogP contribution < -0.4 is 0 Å². The van der Waals surface area contributed by atoms with Gasteiger partial charge in [-0.3, -0.25) is 4.79 Å². The maximum absolute atomic E-state index is 12.8. The van der Waals surface area contributed by atoms with Gasteiger partial charge in [0.05, 0.1) is 11.7 Å². The molecule has 1 aliphatic rings. The number of halogens is 1. The van der Waals surface area contributed by atoms with Crippen LogP contribution in [0.2, 0.25) is 0 Å². The quantitative estimate of drug-likeness (QED) is 0.851. The first-order chi connectivity index (χ1) is 9.92. The van der Waals surface area contributed by atoms with Gasteiger partial charge in [-0.15, -0.1) is 0 Å². The molecular formula is C15H20FNO3S. The van der Waals surface area contributed by atoms with E-state index in [1.807, 2.05) is 0 Å². The summed E-state index contributed by atoms with van der Waals surface area (Å²) in [6.45, 7) is 2.61. The van der Waals surface area contributed by atoms with Gasteiger partial charge < -0.3 is 4.90 Å². The van der Waals surface area contributed by atoms with Crippen LogP contribution in [0.5, 0.6) is 0 Å². The lowest BCUT2D eigenvalue weighted by molar-refractivity contribution is -0.131. The third-order valence-electron chi connectivity index (χ3n) is 3.97. The molecule has 1 aromatic carbocycles. The molecule has 4 nitrogen and oxygen atoms in total. The Hall–Kier alpha value is -1.43. The first kappa shape index (κ1) is 15.9. The molecule has 0 unspecified atom stereocenters. The lowest BCUT2D eigenvalue weighted by atomic mass is 10.1. The normalized spacial score (nSPS) is 17.0. The summed E-state index contributed by atoms with van der Waals surface area (Å²) in [4.78, 5) is 13.9. The zero-order valence-electron chi connectivity index (χ0n) is 12.1. The molecule has 0 spiro atoms. The molecule has 0 aliphatic carbocycles. The van der Waals surface area contributed by atoms with Crippen molar-refractivity contribution in [3.8, 4) is 0 Å². The van der Waals surface area contributed by atoms with Gasteiger partial charge in [-0.25, -0.2) is 12.8 Å². The number of piperidine rings is 1. The van der Waals surface area contributed by atoms with Crippen molar-refractivity contribution in [2.45, 2.75) is 31.4 Å². The van der Waals surface area contributed by atoms with E-state index in [0.717, 1.165) is 5.56 Å². The molecule has 0 atom stereocenters. The number of carbonyl (C=O) groups is 1. The number of hydrogen-bond donors (Lipinski definition) is 0. The fourth-order valence-corrected chi connectivity index (χ4v) is 3.99. The van der Waals surface area contributed by atoms with E-state index in [4.69, 9.17) is 0 Å². The topological polar surface area (TPSA) is 54.5 Å². The van der Waals surface area contributed by atoms with E-state index < -0.39 is 9.84 Å². The molecule has 0 N–H and O–H groups in total. The van der Waals surface area contributed by atoms with Crippen LogP contribution in [0.3, 0.4) is 0 Å². The standard InChI is InChI=1S/C15H20FNO3S/c1-2-21(19,20)14-7-9-17(10-8-14)15(18)11-12-3-5-13(16)6-4-12/h3-6,14H,2,7-11H2,1H3. The average molecular weight is 313 g/mol. The van der Waals surface area contributed by atoms with Crippen molar-refractivity contribution in [1.82, 2.24) is 4.90 Å². The number of hydrogen-bond acceptors (Lipinski definition) is 3. The first-order valence-electron chi connectivity index (χ1n) is 7.16. The van der Waals surface area contributed by atoms with Gasteiger partial charge in [-0.1, -0.05) is 19.1 Å². The highest BCUT2D eigenvalue weighted by Gasteiger charge is 2.30. The predicted molar refractivity (Wildman–Crippen MR) is 79.2 cm³/mol. The van der Waals surface area contributed by atoms with Gasteiger partial charge in [-0.05, 0) is 30.5 Å². The largest absolute Gasteiger partial charge is 0.342 e. The molecule has 6 heteroatoms. The van der Waals surface area contributed by atoms with E-state index in [2.05, 4.69) is 0 Å². The van der Waals surface area contributed by atoms with E-state index in [9.17, 15) is 17.6 Å². The molecule has 0 radical (unpaired) electrons. The highest BCUT2D eigenvalue weighted by Crippen LogP contribution is 2.19. The van der Waals surface area contributed by atoms with Gasteiger partial charge in [0.15, 0.2) is 9.84 Å². The fourth-order valence-electron chi connectivity index (χ4n) is 2.59. The zero-order chi connectivity index (χ0) is 15.5. The number of likely N-dealkylation sites (tertiary alicyclic amines) is 1. The van der Waals surface area contributed by atoms with Gasteiger partial charge in [-0.2, -0.15) is 0 Å². The summed E-state index contributed by atoms with van der Waals surface area (Å²) in [5.41, 5.74) is 0.768. The number of amides is 1. The number of sulfone groups is 1. The molecule has 0 bridgehead atoms. The maximum atomic E-state index is 12.8. The Morgan fingerprint density at radius 1 is 1.24 bits per heavy atom. The third-order valence-corrected chi connectivity index (χ3v) is 6.27. The maximum Gasteiger partial charge on any atom is 0.226 e. The molecule has 1 aromatic rings. The molecular weight excluding hydrogens is 293 g/mol. The Morgan fingerprint density at radius 2 is 1.81 bits per heavy atom. The molecule has 0 saturated carbocycles. The van der Waals surface area contributed by atoms with Crippen molar-refractivity contribution in [1.29, 1.82) is 0 Å². The second-order valence-corrected chi connectivity index (χ2v) is 7.90. The van der Waals surface area contributed by atoms with Gasteiger partial charge >= 0.3 is 0 Å². The first-order valence-corrected chi connectivity index (χ1v) is 8.87. The molecule has 1 heterocycles. The Bertz CT molecular complexity index is 590. The number of carbonyl (C=O) groups excluding carboxylic acids is 1. The van der Waals surface area contributed by atoms with Gasteiger partial charge in [0.1, 0.15) is 5.82 Å². The lowest BCUT2D eigenvalue weighted by Crippen LogP contribution is -2.43. The zero-order valence-corrected chi connectivity index (χ0v) is 12.9. The molecule has 1 amide bonds. The molecule has 1 saturated heterocycles. The highest BCUT2D eigenvalue weighted by atomic mass is 32.2. The summed E-state index contributed by atoms with van der Waals surface area (Å²) in [5, 5.41) is -0.322. The van der Waals surface area contributed by atoms with Crippen molar-refractivity contribution in [3.05, 3.63) is 35.6 Å². The summed E-state index contributed by atoms with van der Waals surface area (Å²) in [6.07, 6.45) is 1.24. The Morgan fingerprint density at radius 3 is 2.33 bits per heavy atom. The van der Waals surface area contributed by atoms with Crippen molar-refractivity contribution in [2.24, 2.45) is 0 Å². The van der Waals surface area contributed by atoms with Gasteiger partial charge in [0.25, 0.3) is 0 Å². The Balaban J connectivity index is 1.90. The minimum absolute atomic E-state index is 0.0334. The monoisotopic (exact) mass is 313 g/mol. The van der Waals surface area contributed by atoms with Crippen LogP contribution in [0.4, 0.5) is 4.39 Å². The average Bonchev–Trinajstić information content (AvgIpc) is 2.49. The Labute approximate surface area is 124 Å². The van der Waals surface area contributed by atoms with E-state index in [0.29, 0.717) is 25.9 Å². The fraction of sp³-hybridized carbons (Fsp3) is 0.533. The number of benzene rings is 1. The number of rotatable bonds is 4. The molecule has 0 aromatic heterocycles. The molecule has 1 fully saturated rings. The van der Waals surface area contributed by atoms with Crippen molar-refractivity contribution in [2.75, 3.05) is 18.8 Å².